The van der Waals surface area contributed by atoms with E-state index in [2.05, 4.69) is 0 Å². The number of hydrogen-bond donors (Lipinski definition) is 0. The van der Waals surface area contributed by atoms with Crippen LogP contribution in [0.5, 0.6) is 0 Å². The molecule has 2 unspecified atom stereocenters. The van der Waals surface area contributed by atoms with Gasteiger partial charge in [-0.2, -0.15) is 0 Å². The Morgan fingerprint density at radius 2 is 1.53 bits per heavy atom. The summed E-state index contributed by atoms with van der Waals surface area (Å²) in [5.74, 6) is -1.13. The Balaban J connectivity index is 2.14. The number of non-ortho nitro benzene ring substituents is 1. The highest BCUT2D eigenvalue weighted by Crippen LogP contribution is 2.42. The van der Waals surface area contributed by atoms with Crippen LogP contribution in [0.15, 0.2) is 65.4 Å². The molecule has 3 rings (SSSR count). The van der Waals surface area contributed by atoms with Gasteiger partial charge in [0.15, 0.2) is 0 Å². The summed E-state index contributed by atoms with van der Waals surface area (Å²) >= 11 is 5.88. The molecule has 0 saturated carbocycles. The van der Waals surface area contributed by atoms with E-state index in [9.17, 15) is 30.3 Å². The second-order valence-electron chi connectivity index (χ2n) is 6.87. The van der Waals surface area contributed by atoms with Crippen molar-refractivity contribution in [2.24, 2.45) is 0 Å². The summed E-state index contributed by atoms with van der Waals surface area (Å²) < 4.78 is 0. The van der Waals surface area contributed by atoms with Crippen molar-refractivity contribution in [1.29, 1.82) is 0 Å². The molecular weight excluding hydrogens is 414 g/mol. The number of nitro groups is 3. The van der Waals surface area contributed by atoms with E-state index in [1.54, 1.807) is 37.3 Å². The lowest BCUT2D eigenvalue weighted by atomic mass is 9.76. The van der Waals surface area contributed by atoms with Crippen LogP contribution in [0.2, 0.25) is 5.02 Å². The third-order valence-electron chi connectivity index (χ3n) is 5.12. The smallest absolute Gasteiger partial charge is 0.264 e. The fourth-order valence-electron chi connectivity index (χ4n) is 3.63. The van der Waals surface area contributed by atoms with Crippen molar-refractivity contribution in [3.8, 4) is 0 Å². The topological polar surface area (TPSA) is 129 Å². The Kier molecular flexibility index (Phi) is 5.93. The molecule has 9 nitrogen and oxygen atoms in total. The molecule has 1 aliphatic carbocycles. The number of rotatable bonds is 5. The lowest BCUT2D eigenvalue weighted by Gasteiger charge is -2.26. The van der Waals surface area contributed by atoms with Crippen molar-refractivity contribution in [2.45, 2.75) is 25.3 Å². The van der Waals surface area contributed by atoms with E-state index in [4.69, 9.17) is 11.6 Å². The first-order valence-corrected chi connectivity index (χ1v) is 9.26. The van der Waals surface area contributed by atoms with Gasteiger partial charge in [-0.15, -0.1) is 0 Å². The first kappa shape index (κ1) is 21.1. The van der Waals surface area contributed by atoms with Crippen LogP contribution in [-0.4, -0.2) is 20.8 Å². The van der Waals surface area contributed by atoms with Crippen LogP contribution in [0.4, 0.5) is 5.69 Å². The highest BCUT2D eigenvalue weighted by Gasteiger charge is 2.47. The molecule has 0 aromatic heterocycles. The number of nitrogens with zero attached hydrogens (tertiary/aromatic N) is 3. The number of allylic oxidation sites excluding steroid dienone is 1. The quantitative estimate of drug-likeness (QED) is 0.484. The average molecular weight is 430 g/mol. The number of nitro benzene ring substituents is 1. The standard InChI is InChI=1S/C20H16ClN3O6/c1-12-15(10-13-2-6-16(21)7-3-13)11-18(23(27)28)19(20(12)24(29)30)14-4-8-17(9-5-14)22(25)26/h2-10,18-19H,11H2,1H3/b15-10-. The van der Waals surface area contributed by atoms with Gasteiger partial charge in [-0.1, -0.05) is 41.9 Å². The van der Waals surface area contributed by atoms with Gasteiger partial charge in [0.25, 0.3) is 11.4 Å². The Morgan fingerprint density at radius 1 is 0.933 bits per heavy atom. The van der Waals surface area contributed by atoms with Crippen LogP contribution in [-0.2, 0) is 0 Å². The number of benzene rings is 2. The second kappa shape index (κ2) is 8.42. The van der Waals surface area contributed by atoms with E-state index in [1.807, 2.05) is 0 Å². The van der Waals surface area contributed by atoms with Gasteiger partial charge < -0.3 is 0 Å². The summed E-state index contributed by atoms with van der Waals surface area (Å²) in [5.41, 5.74) is 1.36. The monoisotopic (exact) mass is 429 g/mol. The van der Waals surface area contributed by atoms with Crippen molar-refractivity contribution < 1.29 is 14.8 Å². The minimum absolute atomic E-state index is 0.0134. The first-order valence-electron chi connectivity index (χ1n) is 8.88. The molecule has 0 fully saturated rings. The molecule has 30 heavy (non-hydrogen) atoms. The molecule has 0 bridgehead atoms. The number of hydrogen-bond acceptors (Lipinski definition) is 6. The molecule has 154 valence electrons. The van der Waals surface area contributed by atoms with Crippen LogP contribution < -0.4 is 0 Å². The normalized spacial score (nSPS) is 20.3. The molecule has 0 radical (unpaired) electrons. The predicted octanol–water partition coefficient (Wildman–Crippen LogP) is 5.02. The maximum atomic E-state index is 11.9. The van der Waals surface area contributed by atoms with Crippen molar-refractivity contribution in [1.82, 2.24) is 0 Å². The van der Waals surface area contributed by atoms with Gasteiger partial charge in [0.2, 0.25) is 6.04 Å². The summed E-state index contributed by atoms with van der Waals surface area (Å²) in [6, 6.07) is 10.5. The molecule has 0 N–H and O–H groups in total. The molecule has 0 spiro atoms. The van der Waals surface area contributed by atoms with Gasteiger partial charge in [-0.25, -0.2) is 0 Å². The van der Waals surface area contributed by atoms with Crippen molar-refractivity contribution in [3.05, 3.63) is 112 Å². The summed E-state index contributed by atoms with van der Waals surface area (Å²) in [6.07, 6.45) is 1.66. The van der Waals surface area contributed by atoms with Crippen molar-refractivity contribution in [3.63, 3.8) is 0 Å². The maximum absolute atomic E-state index is 11.9. The van der Waals surface area contributed by atoms with Crippen LogP contribution in [0.1, 0.15) is 30.4 Å². The lowest BCUT2D eigenvalue weighted by Crippen LogP contribution is -2.35. The lowest BCUT2D eigenvalue weighted by molar-refractivity contribution is -0.535. The molecule has 0 saturated heterocycles. The van der Waals surface area contributed by atoms with Crippen LogP contribution >= 0.6 is 11.6 Å². The second-order valence-corrected chi connectivity index (χ2v) is 7.31. The zero-order valence-electron chi connectivity index (χ0n) is 15.7. The Labute approximate surface area is 175 Å². The van der Waals surface area contributed by atoms with Gasteiger partial charge in [-0.05, 0) is 35.8 Å². The van der Waals surface area contributed by atoms with E-state index in [-0.39, 0.29) is 17.8 Å². The minimum Gasteiger partial charge on any atom is -0.264 e. The van der Waals surface area contributed by atoms with E-state index in [1.165, 1.54) is 24.3 Å². The Hall–Kier alpha value is -3.59. The molecule has 2 aromatic carbocycles. The Bertz CT molecular complexity index is 1080. The van der Waals surface area contributed by atoms with Gasteiger partial charge in [0.05, 0.1) is 9.85 Å². The molecule has 1 aliphatic rings. The van der Waals surface area contributed by atoms with Gasteiger partial charge in [0, 0.05) is 34.1 Å². The third kappa shape index (κ3) is 4.20. The molecular formula is C20H16ClN3O6. The largest absolute Gasteiger partial charge is 0.269 e. The highest BCUT2D eigenvalue weighted by atomic mass is 35.5. The molecule has 10 heteroatoms. The first-order chi connectivity index (χ1) is 14.2. The maximum Gasteiger partial charge on any atom is 0.269 e. The van der Waals surface area contributed by atoms with Crippen LogP contribution in [0.25, 0.3) is 6.08 Å². The molecule has 0 amide bonds. The van der Waals surface area contributed by atoms with Crippen LogP contribution in [0, 0.1) is 30.3 Å². The van der Waals surface area contributed by atoms with Gasteiger partial charge in [-0.3, -0.25) is 30.3 Å². The zero-order valence-corrected chi connectivity index (χ0v) is 16.5. The zero-order chi connectivity index (χ0) is 22.0. The molecule has 0 aliphatic heterocycles. The van der Waals surface area contributed by atoms with E-state index in [0.29, 0.717) is 27.3 Å². The van der Waals surface area contributed by atoms with E-state index in [0.717, 1.165) is 0 Å². The summed E-state index contributed by atoms with van der Waals surface area (Å²) in [5, 5.41) is 35.2. The van der Waals surface area contributed by atoms with E-state index < -0.39 is 26.7 Å². The van der Waals surface area contributed by atoms with Gasteiger partial charge >= 0.3 is 0 Å². The summed E-state index contributed by atoms with van der Waals surface area (Å²) in [4.78, 5) is 32.9. The van der Waals surface area contributed by atoms with Crippen molar-refractivity contribution >= 4 is 23.4 Å². The number of halogens is 1. The van der Waals surface area contributed by atoms with E-state index >= 15 is 0 Å². The summed E-state index contributed by atoms with van der Waals surface area (Å²) in [6.45, 7) is 1.56. The molecule has 2 aromatic rings. The predicted molar refractivity (Wildman–Crippen MR) is 110 cm³/mol. The fourth-order valence-corrected chi connectivity index (χ4v) is 3.76. The van der Waals surface area contributed by atoms with Gasteiger partial charge in [0.1, 0.15) is 5.92 Å². The Morgan fingerprint density at radius 3 is 2.03 bits per heavy atom. The van der Waals surface area contributed by atoms with Crippen LogP contribution in [0.3, 0.4) is 0 Å². The molecule has 2 atom stereocenters. The minimum atomic E-state index is -1.28. The SMILES string of the molecule is CC1=C([N+](=O)[O-])C(c2ccc([N+](=O)[O-])cc2)C([N+](=O)[O-])C/C1=C/c1ccc(Cl)cc1. The molecule has 0 heterocycles. The average Bonchev–Trinajstić information content (AvgIpc) is 2.70. The summed E-state index contributed by atoms with van der Waals surface area (Å²) in [7, 11) is 0. The third-order valence-corrected chi connectivity index (χ3v) is 5.37. The fraction of sp³-hybridized carbons (Fsp3) is 0.200. The van der Waals surface area contributed by atoms with Crippen molar-refractivity contribution in [2.75, 3.05) is 0 Å². The highest BCUT2D eigenvalue weighted by molar-refractivity contribution is 6.30.